The Balaban J connectivity index is 1.39. The molecule has 0 radical (unpaired) electrons. The summed E-state index contributed by atoms with van der Waals surface area (Å²) < 4.78 is 26.8. The highest BCUT2D eigenvalue weighted by Gasteiger charge is 2.37. The molecular weight excluding hydrogens is 813 g/mol. The van der Waals surface area contributed by atoms with Gasteiger partial charge in [-0.25, -0.2) is 0 Å². The topological polar surface area (TPSA) is 36.9 Å². The highest BCUT2D eigenvalue weighted by Crippen LogP contribution is 2.27. The van der Waals surface area contributed by atoms with E-state index in [4.69, 9.17) is 67.8 Å². The lowest BCUT2D eigenvalue weighted by Gasteiger charge is -2.32. The summed E-state index contributed by atoms with van der Waals surface area (Å²) in [6.07, 6.45) is 3.53. The van der Waals surface area contributed by atoms with E-state index in [1.807, 2.05) is 72.8 Å². The van der Waals surface area contributed by atoms with Gasteiger partial charge in [0.1, 0.15) is 31.8 Å². The summed E-state index contributed by atoms with van der Waals surface area (Å²) in [5.74, 6) is 3.19. The summed E-state index contributed by atoms with van der Waals surface area (Å²) >= 11 is 28.8. The van der Waals surface area contributed by atoms with Gasteiger partial charge >= 0.3 is 0 Å². The van der Waals surface area contributed by atoms with E-state index in [2.05, 4.69) is 48.5 Å². The summed E-state index contributed by atoms with van der Waals surface area (Å²) in [5, 5.41) is 0. The van der Waals surface area contributed by atoms with Gasteiger partial charge in [0, 0.05) is 23.0 Å². The van der Waals surface area contributed by atoms with E-state index in [0.717, 1.165) is 48.7 Å². The summed E-state index contributed by atoms with van der Waals surface area (Å²) in [5.41, 5.74) is 4.19. The van der Waals surface area contributed by atoms with Gasteiger partial charge in [0.15, 0.2) is 0 Å². The second-order valence-electron chi connectivity index (χ2n) is 12.0. The zero-order valence-corrected chi connectivity index (χ0v) is 36.0. The molecular formula is C41H44O4S8. The van der Waals surface area contributed by atoms with Crippen molar-refractivity contribution >= 4 is 113 Å². The molecule has 0 bridgehead atoms. The maximum absolute atomic E-state index is 6.26. The number of ether oxygens (including phenoxy) is 4. The zero-order chi connectivity index (χ0) is 37.4. The maximum atomic E-state index is 6.26. The molecule has 0 aliphatic rings. The number of benzene rings is 4. The molecule has 0 unspecified atom stereocenters. The minimum Gasteiger partial charge on any atom is -0.478 e. The molecule has 4 nitrogen and oxygen atoms in total. The molecule has 4 aromatic carbocycles. The van der Waals surface area contributed by atoms with Crippen molar-refractivity contribution in [2.75, 3.05) is 49.4 Å². The van der Waals surface area contributed by atoms with E-state index in [-0.39, 0.29) is 26.4 Å². The highest BCUT2D eigenvalue weighted by atomic mass is 32.2. The summed E-state index contributed by atoms with van der Waals surface area (Å²) in [4.78, 5) is 0. The van der Waals surface area contributed by atoms with Crippen LogP contribution in [0.5, 0.6) is 0 Å². The molecule has 0 aliphatic carbocycles. The van der Waals surface area contributed by atoms with Crippen molar-refractivity contribution < 1.29 is 18.9 Å². The van der Waals surface area contributed by atoms with Crippen molar-refractivity contribution in [2.45, 2.75) is 25.7 Å². The SMILES string of the molecule is S=C(OCC(COC(=S)SCCc1ccccc1)(COC(=S)SCCc1ccccc1)COC(=S)SCCc1ccccc1)SCCc1ccccc1. The third-order valence-corrected chi connectivity index (χ3v) is 12.7. The Labute approximate surface area is 353 Å². The lowest BCUT2D eigenvalue weighted by Crippen LogP contribution is -2.43. The number of rotatable bonds is 20. The molecule has 0 spiro atoms. The monoisotopic (exact) mass is 856 g/mol. The molecule has 0 aromatic heterocycles. The molecule has 0 saturated heterocycles. The summed E-state index contributed by atoms with van der Waals surface area (Å²) in [7, 11) is 0. The van der Waals surface area contributed by atoms with Crippen LogP contribution in [0.3, 0.4) is 0 Å². The van der Waals surface area contributed by atoms with Gasteiger partial charge < -0.3 is 18.9 Å². The second-order valence-corrected chi connectivity index (χ2v) is 18.8. The Morgan fingerprint density at radius 2 is 0.566 bits per heavy atom. The van der Waals surface area contributed by atoms with Crippen molar-refractivity contribution in [1.29, 1.82) is 0 Å². The first kappa shape index (κ1) is 43.6. The number of hydrogen-bond acceptors (Lipinski definition) is 12. The molecule has 0 fully saturated rings. The molecule has 4 aromatic rings. The molecule has 0 heterocycles. The van der Waals surface area contributed by atoms with Gasteiger partial charge in [-0.2, -0.15) is 0 Å². The molecule has 53 heavy (non-hydrogen) atoms. The van der Waals surface area contributed by atoms with Crippen LogP contribution in [0.4, 0.5) is 0 Å². The van der Waals surface area contributed by atoms with Crippen LogP contribution in [-0.4, -0.2) is 67.0 Å². The van der Waals surface area contributed by atoms with Crippen molar-refractivity contribution in [1.82, 2.24) is 0 Å². The fraction of sp³-hybridized carbons (Fsp3) is 0.317. The number of thioether (sulfide) groups is 4. The molecule has 12 heteroatoms. The lowest BCUT2D eigenvalue weighted by molar-refractivity contribution is -0.00931. The number of aryl methyl sites for hydroxylation is 4. The van der Waals surface area contributed by atoms with Crippen molar-refractivity contribution in [2.24, 2.45) is 5.41 Å². The molecule has 0 aliphatic heterocycles. The van der Waals surface area contributed by atoms with Crippen molar-refractivity contribution in [3.8, 4) is 0 Å². The maximum Gasteiger partial charge on any atom is 0.219 e. The van der Waals surface area contributed by atoms with E-state index in [1.54, 1.807) is 0 Å². The molecule has 0 N–H and O–H groups in total. The fourth-order valence-corrected chi connectivity index (χ4v) is 8.67. The van der Waals surface area contributed by atoms with Gasteiger partial charge in [0.2, 0.25) is 17.5 Å². The van der Waals surface area contributed by atoms with Gasteiger partial charge in [-0.1, -0.05) is 168 Å². The van der Waals surface area contributed by atoms with E-state index in [9.17, 15) is 0 Å². The van der Waals surface area contributed by atoms with Crippen LogP contribution in [0, 0.1) is 5.41 Å². The smallest absolute Gasteiger partial charge is 0.219 e. The lowest BCUT2D eigenvalue weighted by atomic mass is 9.92. The Bertz CT molecular complexity index is 1410. The molecule has 0 atom stereocenters. The minimum absolute atomic E-state index is 0.177. The van der Waals surface area contributed by atoms with Crippen LogP contribution < -0.4 is 0 Å². The number of hydrogen-bond donors (Lipinski definition) is 0. The van der Waals surface area contributed by atoms with Crippen LogP contribution in [0.25, 0.3) is 0 Å². The molecule has 0 saturated carbocycles. The average Bonchev–Trinajstić information content (AvgIpc) is 3.19. The van der Waals surface area contributed by atoms with E-state index < -0.39 is 5.41 Å². The van der Waals surface area contributed by atoms with Gasteiger partial charge in [-0.3, -0.25) is 0 Å². The molecule has 280 valence electrons. The Morgan fingerprint density at radius 1 is 0.358 bits per heavy atom. The Morgan fingerprint density at radius 3 is 0.774 bits per heavy atom. The van der Waals surface area contributed by atoms with Gasteiger partial charge in [-0.05, 0) is 96.8 Å². The van der Waals surface area contributed by atoms with Crippen LogP contribution in [0.1, 0.15) is 22.3 Å². The second kappa shape index (κ2) is 25.8. The quantitative estimate of drug-likeness (QED) is 0.0795. The highest BCUT2D eigenvalue weighted by molar-refractivity contribution is 8.23. The first-order valence-corrected chi connectivity index (χ1v) is 22.8. The van der Waals surface area contributed by atoms with Crippen LogP contribution in [0.2, 0.25) is 0 Å². The largest absolute Gasteiger partial charge is 0.478 e. The predicted octanol–water partition coefficient (Wildman–Crippen LogP) is 11.1. The number of thiocarbonyl (C=S) groups is 4. The standard InChI is InChI=1S/C41H44O4S8/c46-37(50-25-21-33-13-5-1-6-14-33)42-29-41(30-43-38(47)51-26-22-34-15-7-2-8-16-34,31-44-39(48)52-27-23-35-17-9-3-10-18-35)32-45-40(49)53-28-24-36-19-11-4-12-20-36/h1-20H,21-32H2. The van der Waals surface area contributed by atoms with Crippen molar-refractivity contribution in [3.05, 3.63) is 144 Å². The van der Waals surface area contributed by atoms with Crippen LogP contribution >= 0.6 is 95.9 Å². The third kappa shape index (κ3) is 18.8. The van der Waals surface area contributed by atoms with Gasteiger partial charge in [-0.15, -0.1) is 0 Å². The average molecular weight is 857 g/mol. The zero-order valence-electron chi connectivity index (χ0n) is 29.4. The van der Waals surface area contributed by atoms with Gasteiger partial charge in [0.25, 0.3) is 0 Å². The van der Waals surface area contributed by atoms with E-state index >= 15 is 0 Å². The van der Waals surface area contributed by atoms with Crippen LogP contribution in [-0.2, 0) is 44.6 Å². The predicted molar refractivity (Wildman–Crippen MR) is 247 cm³/mol. The van der Waals surface area contributed by atoms with Gasteiger partial charge in [0.05, 0.1) is 0 Å². The first-order valence-electron chi connectivity index (χ1n) is 17.2. The van der Waals surface area contributed by atoms with E-state index in [0.29, 0.717) is 17.5 Å². The van der Waals surface area contributed by atoms with Crippen molar-refractivity contribution in [3.63, 3.8) is 0 Å². The first-order chi connectivity index (χ1) is 25.9. The van der Waals surface area contributed by atoms with E-state index in [1.165, 1.54) is 69.3 Å². The van der Waals surface area contributed by atoms with Crippen LogP contribution in [0.15, 0.2) is 121 Å². The Kier molecular flexibility index (Phi) is 21.2. The molecule has 0 amide bonds. The summed E-state index contributed by atoms with van der Waals surface area (Å²) in [6.45, 7) is 0.707. The normalized spacial score (nSPS) is 11.0. The molecule has 4 rings (SSSR count). The minimum atomic E-state index is -0.817. The Hall–Kier alpha value is -2.16. The third-order valence-electron chi connectivity index (χ3n) is 7.80. The summed E-state index contributed by atoms with van der Waals surface area (Å²) in [6, 6.07) is 41.3. The fourth-order valence-electron chi connectivity index (χ4n) is 4.85.